The minimum atomic E-state index is 0.247. The van der Waals surface area contributed by atoms with Gasteiger partial charge in [-0.15, -0.1) is 0 Å². The molecule has 3 fully saturated rings. The maximum absolute atomic E-state index is 9.68. The number of aryl methyl sites for hydroxylation is 1. The van der Waals surface area contributed by atoms with E-state index < -0.39 is 0 Å². The van der Waals surface area contributed by atoms with Gasteiger partial charge in [0.1, 0.15) is 11.8 Å². The smallest absolute Gasteiger partial charge is 0.137 e. The van der Waals surface area contributed by atoms with Crippen LogP contribution in [0.1, 0.15) is 93.9 Å². The van der Waals surface area contributed by atoms with Crippen molar-refractivity contribution >= 4 is 0 Å². The number of hydrogen-bond acceptors (Lipinski definition) is 2. The Balaban J connectivity index is 1.50. The molecular weight excluding hydrogens is 366 g/mol. The summed E-state index contributed by atoms with van der Waals surface area (Å²) in [6, 6.07) is 18.3. The summed E-state index contributed by atoms with van der Waals surface area (Å²) in [5, 5.41) is 9.68. The fourth-order valence-electron chi connectivity index (χ4n) is 5.76. The molecule has 0 amide bonds. The van der Waals surface area contributed by atoms with Crippen LogP contribution in [-0.2, 0) is 17.3 Å². The van der Waals surface area contributed by atoms with Crippen LogP contribution in [0.5, 0.6) is 5.75 Å². The van der Waals surface area contributed by atoms with Gasteiger partial charge in [0.05, 0.1) is 12.2 Å². The molecule has 0 atom stereocenters. The Bertz CT molecular complexity index is 881. The first-order valence-electron chi connectivity index (χ1n) is 11.9. The predicted octanol–water partition coefficient (Wildman–Crippen LogP) is 7.23. The molecule has 0 unspecified atom stereocenters. The van der Waals surface area contributed by atoms with Crippen molar-refractivity contribution in [2.24, 2.45) is 0 Å². The zero-order valence-corrected chi connectivity index (χ0v) is 18.7. The van der Waals surface area contributed by atoms with Crippen LogP contribution in [0.2, 0.25) is 0 Å². The van der Waals surface area contributed by atoms with Gasteiger partial charge >= 0.3 is 0 Å². The SMILES string of the molecule is CCCCOc1ccc(C23CCC(c4ccc(CCC)cc4)(CC2)CC3)cc1C#N. The molecule has 5 rings (SSSR count). The Kier molecular flexibility index (Phi) is 6.19. The number of fused-ring (bicyclic) bond motifs is 3. The van der Waals surface area contributed by atoms with Gasteiger partial charge in [0.25, 0.3) is 0 Å². The fraction of sp³-hybridized carbons (Fsp3) is 0.536. The Morgan fingerprint density at radius 3 is 2.00 bits per heavy atom. The van der Waals surface area contributed by atoms with Crippen LogP contribution < -0.4 is 4.74 Å². The Labute approximate surface area is 182 Å². The third-order valence-corrected chi connectivity index (χ3v) is 7.82. The van der Waals surface area contributed by atoms with E-state index in [0.717, 1.165) is 18.6 Å². The summed E-state index contributed by atoms with van der Waals surface area (Å²) in [6.45, 7) is 5.09. The van der Waals surface area contributed by atoms with Gasteiger partial charge in [-0.2, -0.15) is 5.26 Å². The van der Waals surface area contributed by atoms with Crippen molar-refractivity contribution in [3.63, 3.8) is 0 Å². The average molecular weight is 402 g/mol. The maximum atomic E-state index is 9.68. The minimum absolute atomic E-state index is 0.247. The summed E-state index contributed by atoms with van der Waals surface area (Å²) >= 11 is 0. The lowest BCUT2D eigenvalue weighted by Gasteiger charge is -2.54. The Hall–Kier alpha value is -2.27. The van der Waals surface area contributed by atoms with Gasteiger partial charge in [0.2, 0.25) is 0 Å². The number of nitrogens with zero attached hydrogens (tertiary/aromatic N) is 1. The van der Waals surface area contributed by atoms with Crippen molar-refractivity contribution < 1.29 is 4.74 Å². The first-order chi connectivity index (χ1) is 14.6. The van der Waals surface area contributed by atoms with Crippen molar-refractivity contribution in [1.29, 1.82) is 5.26 Å². The standard InChI is InChI=1S/C28H35NO/c1-3-5-19-30-26-12-11-25(20-23(26)21-29)28-16-13-27(14-17-28,15-18-28)24-9-7-22(6-4-2)8-10-24/h7-12,20H,3-6,13-19H2,1-2H3. The molecule has 3 aliphatic rings. The first kappa shape index (κ1) is 21.0. The largest absolute Gasteiger partial charge is 0.492 e. The molecule has 0 aromatic heterocycles. The van der Waals surface area contributed by atoms with Crippen LogP contribution in [0.25, 0.3) is 0 Å². The molecular formula is C28H35NO. The van der Waals surface area contributed by atoms with Gasteiger partial charge in [-0.3, -0.25) is 0 Å². The van der Waals surface area contributed by atoms with E-state index in [9.17, 15) is 5.26 Å². The molecule has 0 saturated heterocycles. The summed E-state index contributed by atoms with van der Waals surface area (Å²) < 4.78 is 5.87. The normalized spacial score (nSPS) is 25.1. The highest BCUT2D eigenvalue weighted by atomic mass is 16.5. The summed E-state index contributed by atoms with van der Waals surface area (Å²) in [5.41, 5.74) is 5.68. The highest BCUT2D eigenvalue weighted by molar-refractivity contribution is 5.48. The topological polar surface area (TPSA) is 33.0 Å². The summed E-state index contributed by atoms with van der Waals surface area (Å²) in [7, 11) is 0. The molecule has 0 heterocycles. The van der Waals surface area contributed by atoms with Gasteiger partial charge in [0.15, 0.2) is 0 Å². The average Bonchev–Trinajstić information content (AvgIpc) is 2.81. The number of nitriles is 1. The molecule has 2 bridgehead atoms. The molecule has 0 aliphatic heterocycles. The van der Waals surface area contributed by atoms with Gasteiger partial charge in [0, 0.05) is 0 Å². The van der Waals surface area contributed by atoms with Crippen molar-refractivity contribution in [2.45, 2.75) is 88.9 Å². The molecule has 30 heavy (non-hydrogen) atoms. The first-order valence-corrected chi connectivity index (χ1v) is 11.9. The second-order valence-corrected chi connectivity index (χ2v) is 9.53. The number of unbranched alkanes of at least 4 members (excludes halogenated alkanes) is 1. The quantitative estimate of drug-likeness (QED) is 0.437. The van der Waals surface area contributed by atoms with Gasteiger partial charge < -0.3 is 4.74 Å². The molecule has 0 spiro atoms. The Morgan fingerprint density at radius 1 is 0.833 bits per heavy atom. The van der Waals surface area contributed by atoms with Crippen LogP contribution in [0.4, 0.5) is 0 Å². The van der Waals surface area contributed by atoms with Crippen molar-refractivity contribution in [3.8, 4) is 11.8 Å². The molecule has 0 N–H and O–H groups in total. The van der Waals surface area contributed by atoms with Crippen molar-refractivity contribution in [1.82, 2.24) is 0 Å². The summed E-state index contributed by atoms with van der Waals surface area (Å²) in [5.74, 6) is 0.749. The van der Waals surface area contributed by atoms with E-state index in [4.69, 9.17) is 4.74 Å². The highest BCUT2D eigenvalue weighted by Crippen LogP contribution is 2.58. The van der Waals surface area contributed by atoms with Crippen LogP contribution in [-0.4, -0.2) is 6.61 Å². The lowest BCUT2D eigenvalue weighted by atomic mass is 9.50. The molecule has 2 aromatic rings. The second kappa shape index (κ2) is 8.84. The molecule has 158 valence electrons. The van der Waals surface area contributed by atoms with Gasteiger partial charge in [-0.1, -0.05) is 57.0 Å². The third-order valence-electron chi connectivity index (χ3n) is 7.82. The predicted molar refractivity (Wildman–Crippen MR) is 123 cm³/mol. The molecule has 2 heteroatoms. The number of rotatable bonds is 8. The van der Waals surface area contributed by atoms with Crippen molar-refractivity contribution in [2.75, 3.05) is 6.61 Å². The summed E-state index contributed by atoms with van der Waals surface area (Å²) in [6.07, 6.45) is 12.0. The van der Waals surface area contributed by atoms with Crippen LogP contribution in [0, 0.1) is 11.3 Å². The maximum Gasteiger partial charge on any atom is 0.137 e. The molecule has 3 aliphatic carbocycles. The molecule has 2 nitrogen and oxygen atoms in total. The molecule has 3 saturated carbocycles. The monoisotopic (exact) mass is 401 g/mol. The third kappa shape index (κ3) is 3.87. The number of hydrogen-bond donors (Lipinski definition) is 0. The zero-order valence-electron chi connectivity index (χ0n) is 18.7. The van der Waals surface area contributed by atoms with E-state index in [1.54, 1.807) is 5.56 Å². The lowest BCUT2D eigenvalue weighted by molar-refractivity contribution is 0.102. The van der Waals surface area contributed by atoms with E-state index in [-0.39, 0.29) is 5.41 Å². The number of ether oxygens (including phenoxy) is 1. The van der Waals surface area contributed by atoms with Gasteiger partial charge in [-0.25, -0.2) is 0 Å². The summed E-state index contributed by atoms with van der Waals surface area (Å²) in [4.78, 5) is 0. The van der Waals surface area contributed by atoms with Crippen molar-refractivity contribution in [3.05, 3.63) is 64.7 Å². The zero-order chi connectivity index (χ0) is 21.0. The number of benzene rings is 2. The fourth-order valence-corrected chi connectivity index (χ4v) is 5.76. The second-order valence-electron chi connectivity index (χ2n) is 9.53. The highest BCUT2D eigenvalue weighted by Gasteiger charge is 2.50. The van der Waals surface area contributed by atoms with Crippen LogP contribution >= 0.6 is 0 Å². The van der Waals surface area contributed by atoms with Crippen LogP contribution in [0.3, 0.4) is 0 Å². The Morgan fingerprint density at radius 2 is 1.43 bits per heavy atom. The minimum Gasteiger partial charge on any atom is -0.492 e. The van der Waals surface area contributed by atoms with E-state index in [1.807, 2.05) is 6.07 Å². The van der Waals surface area contributed by atoms with E-state index >= 15 is 0 Å². The molecule has 2 aromatic carbocycles. The van der Waals surface area contributed by atoms with E-state index in [0.29, 0.717) is 17.6 Å². The van der Waals surface area contributed by atoms with E-state index in [1.165, 1.54) is 62.5 Å². The van der Waals surface area contributed by atoms with E-state index in [2.05, 4.69) is 56.3 Å². The lowest BCUT2D eigenvalue weighted by Crippen LogP contribution is -2.46. The van der Waals surface area contributed by atoms with Crippen LogP contribution in [0.15, 0.2) is 42.5 Å². The molecule has 0 radical (unpaired) electrons. The van der Waals surface area contributed by atoms with Gasteiger partial charge in [-0.05, 0) is 91.0 Å².